The van der Waals surface area contributed by atoms with Gasteiger partial charge in [-0.25, -0.2) is 4.79 Å². The van der Waals surface area contributed by atoms with Crippen LogP contribution in [0.15, 0.2) is 66.7 Å². The summed E-state index contributed by atoms with van der Waals surface area (Å²) in [5.74, 6) is -0.353. The number of hydrogen-bond acceptors (Lipinski definition) is 6. The van der Waals surface area contributed by atoms with Gasteiger partial charge in [0.05, 0.1) is 19.8 Å². The predicted octanol–water partition coefficient (Wildman–Crippen LogP) is 5.45. The van der Waals surface area contributed by atoms with Gasteiger partial charge >= 0.3 is 5.97 Å². The maximum atomic E-state index is 12.9. The van der Waals surface area contributed by atoms with Crippen molar-refractivity contribution >= 4 is 17.3 Å². The van der Waals surface area contributed by atoms with E-state index in [2.05, 4.69) is 68.1 Å². The van der Waals surface area contributed by atoms with Crippen LogP contribution in [0.25, 0.3) is 0 Å². The summed E-state index contributed by atoms with van der Waals surface area (Å²) in [6.07, 6.45) is 0. The molecule has 5 rings (SSSR count). The van der Waals surface area contributed by atoms with Crippen molar-refractivity contribution in [2.75, 3.05) is 56.4 Å². The zero-order valence-corrected chi connectivity index (χ0v) is 23.9. The minimum absolute atomic E-state index is 0.0267. The molecule has 1 N–H and O–H groups in total. The van der Waals surface area contributed by atoms with E-state index in [1.54, 1.807) is 7.11 Å². The van der Waals surface area contributed by atoms with Gasteiger partial charge in [-0.15, -0.1) is 0 Å². The summed E-state index contributed by atoms with van der Waals surface area (Å²) in [4.78, 5) is 17.3. The highest BCUT2D eigenvalue weighted by Gasteiger charge is 2.43. The Labute approximate surface area is 237 Å². The number of methoxy groups -OCH3 is 1. The van der Waals surface area contributed by atoms with E-state index in [0.717, 1.165) is 46.9 Å². The fourth-order valence-corrected chi connectivity index (χ4v) is 5.79. The molecule has 7 nitrogen and oxygen atoms in total. The molecule has 0 radical (unpaired) electrons. The van der Waals surface area contributed by atoms with Crippen LogP contribution < -0.4 is 14.5 Å². The van der Waals surface area contributed by atoms with E-state index < -0.39 is 12.0 Å². The van der Waals surface area contributed by atoms with Crippen LogP contribution in [-0.2, 0) is 26.2 Å². The number of benzene rings is 3. The third-order valence-corrected chi connectivity index (χ3v) is 7.86. The Morgan fingerprint density at radius 3 is 2.40 bits per heavy atom. The van der Waals surface area contributed by atoms with Gasteiger partial charge in [0.2, 0.25) is 0 Å². The van der Waals surface area contributed by atoms with Gasteiger partial charge in [0.1, 0.15) is 18.4 Å². The largest absolute Gasteiger partial charge is 0.491 e. The van der Waals surface area contributed by atoms with Crippen molar-refractivity contribution in [3.63, 3.8) is 0 Å². The SMILES string of the molecule is COCCOc1cc(CN2c3ccccc3C(c3ccc(C(C)(C)C)cc3)C2C(=O)O)cc(N2CCOCC2)c1. The van der Waals surface area contributed by atoms with Gasteiger partial charge in [-0.05, 0) is 45.9 Å². The average Bonchev–Trinajstić information content (AvgIpc) is 3.27. The predicted molar refractivity (Wildman–Crippen MR) is 158 cm³/mol. The summed E-state index contributed by atoms with van der Waals surface area (Å²) in [6.45, 7) is 10.9. The first-order chi connectivity index (χ1) is 19.3. The van der Waals surface area contributed by atoms with Crippen LogP contribution in [-0.4, -0.2) is 63.7 Å². The minimum Gasteiger partial charge on any atom is -0.491 e. The van der Waals surface area contributed by atoms with Crippen LogP contribution in [0.5, 0.6) is 5.75 Å². The van der Waals surface area contributed by atoms with Crippen molar-refractivity contribution in [2.24, 2.45) is 0 Å². The topological polar surface area (TPSA) is 71.5 Å². The van der Waals surface area contributed by atoms with Crippen LogP contribution in [0, 0.1) is 0 Å². The number of aliphatic carboxylic acids is 1. The van der Waals surface area contributed by atoms with Crippen LogP contribution in [0.1, 0.15) is 48.9 Å². The van der Waals surface area contributed by atoms with Crippen LogP contribution in [0.2, 0.25) is 0 Å². The van der Waals surface area contributed by atoms with E-state index in [1.165, 1.54) is 5.56 Å². The molecule has 2 aliphatic heterocycles. The number of hydrogen-bond donors (Lipinski definition) is 1. The van der Waals surface area contributed by atoms with Gasteiger partial charge in [-0.3, -0.25) is 0 Å². The van der Waals surface area contributed by atoms with Gasteiger partial charge in [-0.2, -0.15) is 0 Å². The summed E-state index contributed by atoms with van der Waals surface area (Å²) in [5.41, 5.74) is 6.33. The number of anilines is 2. The minimum atomic E-state index is -0.831. The van der Waals surface area contributed by atoms with Crippen molar-refractivity contribution in [3.8, 4) is 5.75 Å². The molecule has 0 bridgehead atoms. The van der Waals surface area contributed by atoms with Gasteiger partial charge in [0.25, 0.3) is 0 Å². The Hall–Kier alpha value is -3.55. The van der Waals surface area contributed by atoms with E-state index in [4.69, 9.17) is 14.2 Å². The first kappa shape index (κ1) is 28.0. The first-order valence-electron chi connectivity index (χ1n) is 14.0. The summed E-state index contributed by atoms with van der Waals surface area (Å²) < 4.78 is 16.8. The third-order valence-electron chi connectivity index (χ3n) is 7.86. The Bertz CT molecular complexity index is 1310. The highest BCUT2D eigenvalue weighted by molar-refractivity contribution is 5.85. The number of ether oxygens (including phenoxy) is 3. The first-order valence-corrected chi connectivity index (χ1v) is 14.0. The van der Waals surface area contributed by atoms with Crippen molar-refractivity contribution in [1.29, 1.82) is 0 Å². The standard InChI is InChI=1S/C33H40N2O5/c1-33(2,3)25-11-9-24(10-12-25)30-28-7-5-6-8-29(28)35(31(30)32(36)37)22-23-19-26(34-13-15-39-16-14-34)21-27(20-23)40-18-17-38-4/h5-12,19-21,30-31H,13-18,22H2,1-4H3,(H,36,37). The van der Waals surface area contributed by atoms with E-state index in [9.17, 15) is 9.90 Å². The molecular weight excluding hydrogens is 504 g/mol. The molecule has 0 aromatic heterocycles. The molecule has 0 spiro atoms. The lowest BCUT2D eigenvalue weighted by Crippen LogP contribution is -2.40. The number of nitrogens with zero attached hydrogens (tertiary/aromatic N) is 2. The fraction of sp³-hybridized carbons (Fsp3) is 0.424. The van der Waals surface area contributed by atoms with Gasteiger partial charge < -0.3 is 29.1 Å². The second kappa shape index (κ2) is 11.9. The molecule has 40 heavy (non-hydrogen) atoms. The van der Waals surface area contributed by atoms with Gasteiger partial charge in [-0.1, -0.05) is 63.2 Å². The molecule has 0 amide bonds. The molecule has 1 fully saturated rings. The average molecular weight is 545 g/mol. The smallest absolute Gasteiger partial charge is 0.327 e. The monoisotopic (exact) mass is 544 g/mol. The molecule has 0 aliphatic carbocycles. The van der Waals surface area contributed by atoms with Crippen molar-refractivity contribution in [3.05, 3.63) is 89.0 Å². The Morgan fingerprint density at radius 1 is 1.00 bits per heavy atom. The molecule has 2 heterocycles. The lowest BCUT2D eigenvalue weighted by molar-refractivity contribution is -0.138. The van der Waals surface area contributed by atoms with Gasteiger partial charge in [0, 0.05) is 50.1 Å². The summed E-state index contributed by atoms with van der Waals surface area (Å²) in [6, 6.07) is 22.0. The molecule has 1 saturated heterocycles. The second-order valence-electron chi connectivity index (χ2n) is 11.6. The lowest BCUT2D eigenvalue weighted by atomic mass is 9.83. The number of carboxylic acid groups (broad SMARTS) is 1. The molecule has 3 aromatic carbocycles. The number of rotatable bonds is 9. The van der Waals surface area contributed by atoms with E-state index in [1.807, 2.05) is 29.2 Å². The highest BCUT2D eigenvalue weighted by Crippen LogP contribution is 2.46. The third kappa shape index (κ3) is 5.96. The van der Waals surface area contributed by atoms with E-state index in [-0.39, 0.29) is 11.3 Å². The van der Waals surface area contributed by atoms with Crippen molar-refractivity contribution in [2.45, 2.75) is 44.7 Å². The normalized spacial score (nSPS) is 19.0. The molecule has 3 aromatic rings. The lowest BCUT2D eigenvalue weighted by Gasteiger charge is -2.31. The molecule has 2 unspecified atom stereocenters. The maximum Gasteiger partial charge on any atom is 0.327 e. The zero-order valence-electron chi connectivity index (χ0n) is 23.9. The maximum absolute atomic E-state index is 12.9. The van der Waals surface area contributed by atoms with E-state index in [0.29, 0.717) is 33.0 Å². The quantitative estimate of drug-likeness (QED) is 0.359. The molecule has 0 saturated carbocycles. The van der Waals surface area contributed by atoms with Crippen LogP contribution in [0.4, 0.5) is 11.4 Å². The number of morpholine rings is 1. The Morgan fingerprint density at radius 2 is 1.73 bits per heavy atom. The molecular formula is C33H40N2O5. The summed E-state index contributed by atoms with van der Waals surface area (Å²) in [5, 5.41) is 10.6. The number of para-hydroxylation sites is 1. The van der Waals surface area contributed by atoms with Crippen LogP contribution >= 0.6 is 0 Å². The van der Waals surface area contributed by atoms with E-state index >= 15 is 0 Å². The van der Waals surface area contributed by atoms with Crippen LogP contribution in [0.3, 0.4) is 0 Å². The zero-order chi connectivity index (χ0) is 28.3. The number of carbonyl (C=O) groups is 1. The molecule has 2 aliphatic rings. The van der Waals surface area contributed by atoms with Crippen molar-refractivity contribution < 1.29 is 24.1 Å². The Balaban J connectivity index is 1.51. The van der Waals surface area contributed by atoms with Gasteiger partial charge in [0.15, 0.2) is 0 Å². The van der Waals surface area contributed by atoms with Crippen molar-refractivity contribution in [1.82, 2.24) is 0 Å². The second-order valence-corrected chi connectivity index (χ2v) is 11.6. The molecule has 7 heteroatoms. The number of fused-ring (bicyclic) bond motifs is 1. The Kier molecular flexibility index (Phi) is 8.33. The highest BCUT2D eigenvalue weighted by atomic mass is 16.5. The summed E-state index contributed by atoms with van der Waals surface area (Å²) in [7, 11) is 1.66. The molecule has 212 valence electrons. The molecule has 2 atom stereocenters. The summed E-state index contributed by atoms with van der Waals surface area (Å²) >= 11 is 0. The fourth-order valence-electron chi connectivity index (χ4n) is 5.79. The number of carboxylic acids is 1.